The third-order valence-corrected chi connectivity index (χ3v) is 7.06. The van der Waals surface area contributed by atoms with Gasteiger partial charge in [0, 0.05) is 62.6 Å². The number of ether oxygens (including phenoxy) is 1. The maximum Gasteiger partial charge on any atom is 0.253 e. The minimum absolute atomic E-state index is 0.0209. The Morgan fingerprint density at radius 3 is 2.94 bits per heavy atom. The molecule has 2 atom stereocenters. The molecule has 0 aromatic carbocycles. The largest absolute Gasteiger partial charge is 0.384 e. The summed E-state index contributed by atoms with van der Waals surface area (Å²) in [6.45, 7) is 4.89. The molecule has 2 N–H and O–H groups in total. The molecule has 0 radical (unpaired) electrons. The number of hydrogen-bond acceptors (Lipinski definition) is 8. The average molecular weight is 488 g/mol. The van der Waals surface area contributed by atoms with Crippen LogP contribution in [0.3, 0.4) is 0 Å². The highest BCUT2D eigenvalue weighted by molar-refractivity contribution is 6.09. The molecule has 9 nitrogen and oxygen atoms in total. The molecule has 36 heavy (non-hydrogen) atoms. The summed E-state index contributed by atoms with van der Waals surface area (Å²) < 4.78 is 5.63. The van der Waals surface area contributed by atoms with Gasteiger partial charge in [-0.2, -0.15) is 4.99 Å². The first-order valence-electron chi connectivity index (χ1n) is 12.2. The molecule has 4 heterocycles. The number of fused-ring (bicyclic) bond motifs is 1. The van der Waals surface area contributed by atoms with Gasteiger partial charge in [0.2, 0.25) is 5.96 Å². The van der Waals surface area contributed by atoms with Crippen LogP contribution in [0.25, 0.3) is 0 Å². The van der Waals surface area contributed by atoms with E-state index in [1.165, 1.54) is 0 Å². The number of carbonyl (C=O) groups is 1. The number of aliphatic imine (C=N–C) groups is 2. The standard InChI is InChI=1S/C27H33N7O2/c1-27(17-36-4)16-34(23-7-5-6-20(30-23)14-28-2)24-22(27)12-13-29-26(32-24)31-19-9-8-18-15-33(3)25(35)21(18)11-10-19/h5-7,9-13,22,28H,8,14-17H2,1-4H3,(H,29,31)/t22?,27-/m0/s1. The van der Waals surface area contributed by atoms with Crippen LogP contribution in [0.2, 0.25) is 0 Å². The Morgan fingerprint density at radius 1 is 1.28 bits per heavy atom. The zero-order chi connectivity index (χ0) is 25.3. The Labute approximate surface area is 212 Å². The highest BCUT2D eigenvalue weighted by Crippen LogP contribution is 2.41. The fourth-order valence-corrected chi connectivity index (χ4v) is 5.29. The zero-order valence-electron chi connectivity index (χ0n) is 21.3. The first-order valence-corrected chi connectivity index (χ1v) is 12.2. The normalized spacial score (nSPS) is 25.3. The van der Waals surface area contributed by atoms with Crippen molar-refractivity contribution in [2.45, 2.75) is 19.9 Å². The van der Waals surface area contributed by atoms with Crippen LogP contribution in [0.15, 0.2) is 75.5 Å². The molecule has 0 saturated carbocycles. The summed E-state index contributed by atoms with van der Waals surface area (Å²) in [5.41, 5.74) is 3.57. The van der Waals surface area contributed by atoms with Gasteiger partial charge in [-0.25, -0.2) is 9.98 Å². The van der Waals surface area contributed by atoms with Crippen molar-refractivity contribution in [2.24, 2.45) is 21.3 Å². The van der Waals surface area contributed by atoms with E-state index in [1.54, 1.807) is 12.0 Å². The van der Waals surface area contributed by atoms with Gasteiger partial charge in [-0.05, 0) is 43.3 Å². The molecule has 1 aliphatic carbocycles. The van der Waals surface area contributed by atoms with Gasteiger partial charge in [-0.1, -0.05) is 25.1 Å². The number of carbonyl (C=O) groups excluding carboxylic acids is 1. The number of likely N-dealkylation sites (N-methyl/N-ethyl adjacent to an activating group) is 1. The number of nitrogens with zero attached hydrogens (tertiary/aromatic N) is 5. The SMILES string of the molecule is CNCc1cccc(N2C[C@@](C)(COC)C3C=CN=C(NC4=CCC5=C(C=C4)C(=O)N(C)C5)N=C32)n1. The van der Waals surface area contributed by atoms with Crippen molar-refractivity contribution in [3.8, 4) is 0 Å². The molecule has 3 aliphatic heterocycles. The van der Waals surface area contributed by atoms with Gasteiger partial charge in [0.05, 0.1) is 12.3 Å². The van der Waals surface area contributed by atoms with Crippen LogP contribution in [0.4, 0.5) is 5.82 Å². The second kappa shape index (κ2) is 9.83. The van der Waals surface area contributed by atoms with Crippen LogP contribution in [-0.2, 0) is 16.1 Å². The van der Waals surface area contributed by atoms with E-state index in [4.69, 9.17) is 14.7 Å². The van der Waals surface area contributed by atoms with Crippen LogP contribution < -0.4 is 15.5 Å². The molecular formula is C27H33N7O2. The second-order valence-corrected chi connectivity index (χ2v) is 9.93. The van der Waals surface area contributed by atoms with Crippen LogP contribution in [0.1, 0.15) is 19.0 Å². The summed E-state index contributed by atoms with van der Waals surface area (Å²) in [5, 5.41) is 6.55. The molecule has 1 aromatic rings. The lowest BCUT2D eigenvalue weighted by Crippen LogP contribution is -2.31. The topological polar surface area (TPSA) is 94.5 Å². The van der Waals surface area contributed by atoms with Gasteiger partial charge in [0.15, 0.2) is 0 Å². The van der Waals surface area contributed by atoms with E-state index >= 15 is 0 Å². The number of hydrogen-bond donors (Lipinski definition) is 2. The fraction of sp³-hybridized carbons (Fsp3) is 0.407. The lowest BCUT2D eigenvalue weighted by atomic mass is 9.80. The summed E-state index contributed by atoms with van der Waals surface area (Å²) in [4.78, 5) is 30.8. The summed E-state index contributed by atoms with van der Waals surface area (Å²) in [6.07, 6.45) is 10.5. The molecule has 188 valence electrons. The molecule has 1 amide bonds. The Balaban J connectivity index is 1.44. The minimum Gasteiger partial charge on any atom is -0.384 e. The molecule has 9 heteroatoms. The van der Waals surface area contributed by atoms with E-state index in [0.717, 1.165) is 40.7 Å². The second-order valence-electron chi connectivity index (χ2n) is 9.93. The number of pyridine rings is 1. The maximum atomic E-state index is 12.4. The number of anilines is 1. The molecule has 5 rings (SSSR count). The lowest BCUT2D eigenvalue weighted by Gasteiger charge is -2.26. The van der Waals surface area contributed by atoms with Crippen LogP contribution in [0, 0.1) is 11.3 Å². The zero-order valence-corrected chi connectivity index (χ0v) is 21.3. The number of guanidine groups is 1. The van der Waals surface area contributed by atoms with E-state index in [2.05, 4.69) is 39.6 Å². The maximum absolute atomic E-state index is 12.4. The number of aromatic nitrogens is 1. The summed E-state index contributed by atoms with van der Waals surface area (Å²) in [7, 11) is 5.49. The van der Waals surface area contributed by atoms with E-state index < -0.39 is 0 Å². The smallest absolute Gasteiger partial charge is 0.253 e. The minimum atomic E-state index is -0.186. The van der Waals surface area contributed by atoms with Crippen molar-refractivity contribution in [1.82, 2.24) is 20.5 Å². The average Bonchev–Trinajstić information content (AvgIpc) is 3.09. The Bertz CT molecular complexity index is 1240. The van der Waals surface area contributed by atoms with Crippen LogP contribution in [0.5, 0.6) is 0 Å². The van der Waals surface area contributed by atoms with Gasteiger partial charge in [-0.15, -0.1) is 0 Å². The molecule has 1 unspecified atom stereocenters. The Kier molecular flexibility index (Phi) is 6.59. The van der Waals surface area contributed by atoms with E-state index in [1.807, 2.05) is 50.6 Å². The van der Waals surface area contributed by atoms with Crippen molar-refractivity contribution in [3.05, 3.63) is 71.2 Å². The Morgan fingerprint density at radius 2 is 2.14 bits per heavy atom. The predicted molar refractivity (Wildman–Crippen MR) is 141 cm³/mol. The number of rotatable bonds is 6. The van der Waals surface area contributed by atoms with Gasteiger partial charge in [0.1, 0.15) is 11.7 Å². The van der Waals surface area contributed by atoms with Gasteiger partial charge >= 0.3 is 0 Å². The quantitative estimate of drug-likeness (QED) is 0.640. The third kappa shape index (κ3) is 4.52. The van der Waals surface area contributed by atoms with Crippen molar-refractivity contribution < 1.29 is 9.53 Å². The molecular weight excluding hydrogens is 454 g/mol. The summed E-state index contributed by atoms with van der Waals surface area (Å²) >= 11 is 0. The van der Waals surface area contributed by atoms with Crippen LogP contribution >= 0.6 is 0 Å². The van der Waals surface area contributed by atoms with Crippen molar-refractivity contribution in [2.75, 3.05) is 45.8 Å². The van der Waals surface area contributed by atoms with Crippen molar-refractivity contribution in [3.63, 3.8) is 0 Å². The number of amides is 1. The predicted octanol–water partition coefficient (Wildman–Crippen LogP) is 2.37. The molecule has 1 saturated heterocycles. The van der Waals surface area contributed by atoms with Gasteiger partial charge in [-0.3, -0.25) is 4.79 Å². The number of amidine groups is 1. The number of nitrogens with one attached hydrogen (secondary N) is 2. The molecule has 4 aliphatic rings. The molecule has 1 fully saturated rings. The highest BCUT2D eigenvalue weighted by Gasteiger charge is 2.48. The third-order valence-electron chi connectivity index (χ3n) is 7.06. The fourth-order valence-electron chi connectivity index (χ4n) is 5.29. The molecule has 1 aromatic heterocycles. The van der Waals surface area contributed by atoms with Gasteiger partial charge < -0.3 is 25.2 Å². The van der Waals surface area contributed by atoms with Crippen molar-refractivity contribution >= 4 is 23.5 Å². The van der Waals surface area contributed by atoms with E-state index in [0.29, 0.717) is 32.1 Å². The molecule has 0 bridgehead atoms. The first kappa shape index (κ1) is 24.1. The number of allylic oxidation sites excluding steroid dienone is 2. The molecule has 0 spiro atoms. The van der Waals surface area contributed by atoms with E-state index in [-0.39, 0.29) is 17.2 Å². The van der Waals surface area contributed by atoms with Gasteiger partial charge in [0.25, 0.3) is 5.91 Å². The number of methoxy groups -OCH3 is 1. The summed E-state index contributed by atoms with van der Waals surface area (Å²) in [5.74, 6) is 2.34. The highest BCUT2D eigenvalue weighted by atomic mass is 16.5. The van der Waals surface area contributed by atoms with Crippen molar-refractivity contribution in [1.29, 1.82) is 0 Å². The monoisotopic (exact) mass is 487 g/mol. The Hall–Kier alpha value is -3.56. The van der Waals surface area contributed by atoms with Crippen LogP contribution in [-0.4, -0.2) is 68.5 Å². The van der Waals surface area contributed by atoms with E-state index in [9.17, 15) is 4.79 Å². The summed E-state index contributed by atoms with van der Waals surface area (Å²) in [6, 6.07) is 6.07. The lowest BCUT2D eigenvalue weighted by molar-refractivity contribution is -0.124. The first-order chi connectivity index (χ1) is 17.4.